The molecular weight excluding hydrogens is 263 g/mol. The van der Waals surface area contributed by atoms with E-state index in [1.54, 1.807) is 4.90 Å². The highest BCUT2D eigenvalue weighted by Gasteiger charge is 2.44. The van der Waals surface area contributed by atoms with Crippen LogP contribution in [0.4, 0.5) is 9.18 Å². The van der Waals surface area contributed by atoms with E-state index in [-0.39, 0.29) is 11.6 Å². The predicted molar refractivity (Wildman–Crippen MR) is 73.2 cm³/mol. The van der Waals surface area contributed by atoms with Gasteiger partial charge < -0.3 is 9.84 Å². The third-order valence-electron chi connectivity index (χ3n) is 4.17. The van der Waals surface area contributed by atoms with E-state index in [1.165, 1.54) is 4.90 Å². The van der Waals surface area contributed by atoms with E-state index in [2.05, 4.69) is 0 Å². The fourth-order valence-corrected chi connectivity index (χ4v) is 3.12. The van der Waals surface area contributed by atoms with Gasteiger partial charge in [-0.15, -0.1) is 0 Å². The third-order valence-corrected chi connectivity index (χ3v) is 4.17. The van der Waals surface area contributed by atoms with Crippen molar-refractivity contribution in [2.75, 3.05) is 19.7 Å². The maximum absolute atomic E-state index is 14.8. The number of rotatable bonds is 1. The van der Waals surface area contributed by atoms with Crippen LogP contribution in [0.5, 0.6) is 0 Å². The second-order valence-electron chi connectivity index (χ2n) is 6.72. The van der Waals surface area contributed by atoms with Crippen molar-refractivity contribution in [3.63, 3.8) is 0 Å². The van der Waals surface area contributed by atoms with Gasteiger partial charge in [-0.2, -0.15) is 0 Å². The average molecular weight is 288 g/mol. The van der Waals surface area contributed by atoms with Crippen molar-refractivity contribution in [2.24, 2.45) is 5.41 Å². The summed E-state index contributed by atoms with van der Waals surface area (Å²) in [4.78, 5) is 14.4. The van der Waals surface area contributed by atoms with Crippen molar-refractivity contribution in [3.8, 4) is 0 Å². The van der Waals surface area contributed by atoms with E-state index in [4.69, 9.17) is 4.74 Å². The van der Waals surface area contributed by atoms with Gasteiger partial charge in [0.2, 0.25) is 0 Å². The minimum Gasteiger partial charge on any atom is -0.465 e. The largest absolute Gasteiger partial charge is 0.465 e. The fourth-order valence-electron chi connectivity index (χ4n) is 3.12. The van der Waals surface area contributed by atoms with Gasteiger partial charge in [0.25, 0.3) is 0 Å². The summed E-state index contributed by atoms with van der Waals surface area (Å²) in [6, 6.07) is 0. The Morgan fingerprint density at radius 3 is 2.60 bits per heavy atom. The Morgan fingerprint density at radius 1 is 1.30 bits per heavy atom. The van der Waals surface area contributed by atoms with Crippen LogP contribution in [0.2, 0.25) is 0 Å². The van der Waals surface area contributed by atoms with Crippen LogP contribution in [0, 0.1) is 5.41 Å². The molecule has 2 aliphatic heterocycles. The number of morpholine rings is 1. The van der Waals surface area contributed by atoms with Gasteiger partial charge in [-0.3, -0.25) is 4.90 Å². The summed E-state index contributed by atoms with van der Waals surface area (Å²) in [6.07, 6.45) is -0.594. The molecule has 6 heteroatoms. The van der Waals surface area contributed by atoms with E-state index >= 15 is 0 Å². The van der Waals surface area contributed by atoms with Gasteiger partial charge in [0.1, 0.15) is 6.10 Å². The van der Waals surface area contributed by atoms with Crippen LogP contribution in [0.25, 0.3) is 0 Å². The molecular formula is C14H25FN2O3. The third kappa shape index (κ3) is 3.06. The van der Waals surface area contributed by atoms with Crippen molar-refractivity contribution < 1.29 is 19.0 Å². The Labute approximate surface area is 119 Å². The van der Waals surface area contributed by atoms with Crippen LogP contribution in [0.1, 0.15) is 40.0 Å². The number of hydrogen-bond donors (Lipinski definition) is 1. The van der Waals surface area contributed by atoms with E-state index in [0.29, 0.717) is 26.1 Å². The lowest BCUT2D eigenvalue weighted by molar-refractivity contribution is -0.187. The van der Waals surface area contributed by atoms with Gasteiger partial charge in [0.05, 0.1) is 12.8 Å². The molecule has 1 N–H and O–H groups in total. The van der Waals surface area contributed by atoms with Gasteiger partial charge >= 0.3 is 6.09 Å². The summed E-state index contributed by atoms with van der Waals surface area (Å²) in [7, 11) is 0. The number of hydrogen-bond acceptors (Lipinski definition) is 3. The smallest absolute Gasteiger partial charge is 0.408 e. The Morgan fingerprint density at radius 2 is 2.00 bits per heavy atom. The Kier molecular flexibility index (Phi) is 4.54. The van der Waals surface area contributed by atoms with E-state index in [9.17, 15) is 14.3 Å². The number of alkyl halides is 1. The topological polar surface area (TPSA) is 53.0 Å². The van der Waals surface area contributed by atoms with Crippen molar-refractivity contribution in [3.05, 3.63) is 0 Å². The molecule has 116 valence electrons. The van der Waals surface area contributed by atoms with E-state index in [0.717, 1.165) is 12.8 Å². The average Bonchev–Trinajstić information content (AvgIpc) is 2.37. The normalized spacial score (nSPS) is 33.2. The Bertz CT molecular complexity index is 359. The molecule has 2 heterocycles. The number of piperidine rings is 1. The highest BCUT2D eigenvalue weighted by Crippen LogP contribution is 2.34. The van der Waals surface area contributed by atoms with E-state index < -0.39 is 18.5 Å². The zero-order valence-corrected chi connectivity index (χ0v) is 12.5. The number of carboxylic acid groups (broad SMARTS) is 1. The van der Waals surface area contributed by atoms with Crippen LogP contribution in [-0.2, 0) is 4.74 Å². The van der Waals surface area contributed by atoms with Crippen molar-refractivity contribution in [2.45, 2.75) is 58.6 Å². The highest BCUT2D eigenvalue weighted by molar-refractivity contribution is 5.65. The summed E-state index contributed by atoms with van der Waals surface area (Å²) in [6.45, 7) is 7.23. The lowest BCUT2D eigenvalue weighted by atomic mass is 9.87. The number of amides is 1. The van der Waals surface area contributed by atoms with Gasteiger partial charge in [0.15, 0.2) is 6.30 Å². The standard InChI is InChI=1S/C14H25FN2O3/c1-14(2,3)11-12(15)16(8-9-20-11)10-6-4-5-7-17(10)13(18)19/h10-12H,4-9H2,1-3H3,(H,18,19). The highest BCUT2D eigenvalue weighted by atomic mass is 19.1. The van der Waals surface area contributed by atoms with Crippen molar-refractivity contribution >= 4 is 6.09 Å². The molecule has 2 aliphatic rings. The monoisotopic (exact) mass is 288 g/mol. The molecule has 0 saturated carbocycles. The van der Waals surface area contributed by atoms with E-state index in [1.807, 2.05) is 20.8 Å². The first-order chi connectivity index (χ1) is 9.32. The molecule has 0 aromatic carbocycles. The summed E-state index contributed by atoms with van der Waals surface area (Å²) in [5.74, 6) is 0. The number of carbonyl (C=O) groups is 1. The molecule has 2 fully saturated rings. The molecule has 1 amide bonds. The Hall–Kier alpha value is -0.880. The van der Waals surface area contributed by atoms with Gasteiger partial charge in [-0.25, -0.2) is 14.1 Å². The summed E-state index contributed by atoms with van der Waals surface area (Å²) in [5, 5.41) is 9.30. The minimum absolute atomic E-state index is 0.305. The maximum atomic E-state index is 14.8. The first-order valence-corrected chi connectivity index (χ1v) is 7.33. The minimum atomic E-state index is -1.26. The molecule has 0 aromatic rings. The molecule has 3 unspecified atom stereocenters. The molecule has 2 saturated heterocycles. The number of nitrogens with zero attached hydrogens (tertiary/aromatic N) is 2. The molecule has 0 aromatic heterocycles. The van der Waals surface area contributed by atoms with Gasteiger partial charge in [-0.05, 0) is 24.7 Å². The Balaban J connectivity index is 2.15. The molecule has 0 spiro atoms. The van der Waals surface area contributed by atoms with Crippen LogP contribution in [0.3, 0.4) is 0 Å². The molecule has 0 aliphatic carbocycles. The first-order valence-electron chi connectivity index (χ1n) is 7.33. The lowest BCUT2D eigenvalue weighted by Crippen LogP contribution is -2.62. The fraction of sp³-hybridized carbons (Fsp3) is 0.929. The maximum Gasteiger partial charge on any atom is 0.408 e. The van der Waals surface area contributed by atoms with Crippen LogP contribution < -0.4 is 0 Å². The zero-order chi connectivity index (χ0) is 14.9. The van der Waals surface area contributed by atoms with Crippen molar-refractivity contribution in [1.82, 2.24) is 9.80 Å². The van der Waals surface area contributed by atoms with Crippen LogP contribution in [0.15, 0.2) is 0 Å². The molecule has 0 radical (unpaired) electrons. The molecule has 5 nitrogen and oxygen atoms in total. The number of halogens is 1. The second-order valence-corrected chi connectivity index (χ2v) is 6.72. The molecule has 2 rings (SSSR count). The summed E-state index contributed by atoms with van der Waals surface area (Å²) >= 11 is 0. The van der Waals surface area contributed by atoms with Crippen LogP contribution >= 0.6 is 0 Å². The lowest BCUT2D eigenvalue weighted by Gasteiger charge is -2.48. The van der Waals surface area contributed by atoms with Gasteiger partial charge in [-0.1, -0.05) is 20.8 Å². The summed E-state index contributed by atoms with van der Waals surface area (Å²) in [5.41, 5.74) is -0.305. The predicted octanol–water partition coefficient (Wildman–Crippen LogP) is 2.52. The van der Waals surface area contributed by atoms with Gasteiger partial charge in [0, 0.05) is 13.1 Å². The summed E-state index contributed by atoms with van der Waals surface area (Å²) < 4.78 is 20.4. The number of ether oxygens (including phenoxy) is 1. The van der Waals surface area contributed by atoms with Crippen molar-refractivity contribution in [1.29, 1.82) is 0 Å². The van der Waals surface area contributed by atoms with Crippen LogP contribution in [-0.4, -0.2) is 59.3 Å². The second kappa shape index (κ2) is 5.85. The first kappa shape index (κ1) is 15.5. The zero-order valence-electron chi connectivity index (χ0n) is 12.5. The SMILES string of the molecule is CC(C)(C)C1OCCN(C2CCCCN2C(=O)O)C1F. The molecule has 20 heavy (non-hydrogen) atoms. The molecule has 3 atom stereocenters. The number of likely N-dealkylation sites (tertiary alicyclic amines) is 1. The molecule has 0 bridgehead atoms. The quantitative estimate of drug-likeness (QED) is 0.753.